The van der Waals surface area contributed by atoms with E-state index < -0.39 is 0 Å². The van der Waals surface area contributed by atoms with Crippen molar-refractivity contribution in [3.05, 3.63) is 75.0 Å². The van der Waals surface area contributed by atoms with Gasteiger partial charge in [0.15, 0.2) is 0 Å². The minimum Gasteiger partial charge on any atom is -0.493 e. The van der Waals surface area contributed by atoms with Crippen molar-refractivity contribution in [1.29, 1.82) is 0 Å². The Morgan fingerprint density at radius 2 is 1.19 bits per heavy atom. The third-order valence-corrected chi connectivity index (χ3v) is 3.52. The number of hydrogen-bond acceptors (Lipinski definition) is 2. The van der Waals surface area contributed by atoms with Gasteiger partial charge < -0.3 is 5.11 Å². The standard InChI is InChI=1S/C15H10Cl2N2O2/c16-10-1-5-12(6-2-10)18-14(20)9-15(21)19(18)13-7-3-11(17)4-8-13/h1-9,20H. The van der Waals surface area contributed by atoms with Gasteiger partial charge in [-0.1, -0.05) is 23.2 Å². The lowest BCUT2D eigenvalue weighted by Crippen LogP contribution is -2.19. The molecule has 1 heterocycles. The van der Waals surface area contributed by atoms with Crippen LogP contribution in [0.3, 0.4) is 0 Å². The number of rotatable bonds is 2. The average Bonchev–Trinajstić information content (AvgIpc) is 2.75. The molecule has 0 atom stereocenters. The summed E-state index contributed by atoms with van der Waals surface area (Å²) in [5, 5.41) is 11.2. The first-order chi connectivity index (χ1) is 10.1. The summed E-state index contributed by atoms with van der Waals surface area (Å²) in [6.07, 6.45) is 0. The molecular weight excluding hydrogens is 311 g/mol. The van der Waals surface area contributed by atoms with Gasteiger partial charge in [0.2, 0.25) is 5.88 Å². The summed E-state index contributed by atoms with van der Waals surface area (Å²) in [6.45, 7) is 0. The molecule has 0 saturated heterocycles. The van der Waals surface area contributed by atoms with E-state index in [1.807, 2.05) is 0 Å². The highest BCUT2D eigenvalue weighted by Crippen LogP contribution is 2.21. The van der Waals surface area contributed by atoms with Crippen LogP contribution in [0.5, 0.6) is 5.88 Å². The molecule has 0 radical (unpaired) electrons. The summed E-state index contributed by atoms with van der Waals surface area (Å²) in [4.78, 5) is 12.1. The molecule has 6 heteroatoms. The molecule has 0 saturated carbocycles. The maximum absolute atomic E-state index is 12.1. The van der Waals surface area contributed by atoms with Crippen molar-refractivity contribution in [2.45, 2.75) is 0 Å². The lowest BCUT2D eigenvalue weighted by molar-refractivity contribution is 0.425. The van der Waals surface area contributed by atoms with Gasteiger partial charge in [0, 0.05) is 10.0 Å². The largest absolute Gasteiger partial charge is 0.493 e. The first-order valence-corrected chi connectivity index (χ1v) is 6.88. The Bertz CT molecular complexity index is 834. The molecule has 0 spiro atoms. The SMILES string of the molecule is O=c1cc(O)n(-c2ccc(Cl)cc2)n1-c1ccc(Cl)cc1. The van der Waals surface area contributed by atoms with E-state index in [1.165, 1.54) is 9.36 Å². The quantitative estimate of drug-likeness (QED) is 0.783. The fourth-order valence-electron chi connectivity index (χ4n) is 2.09. The van der Waals surface area contributed by atoms with E-state index in [1.54, 1.807) is 48.5 Å². The molecule has 1 N–H and O–H groups in total. The third-order valence-electron chi connectivity index (χ3n) is 3.02. The second-order valence-electron chi connectivity index (χ2n) is 4.42. The van der Waals surface area contributed by atoms with Crippen molar-refractivity contribution in [2.75, 3.05) is 0 Å². The molecule has 21 heavy (non-hydrogen) atoms. The maximum atomic E-state index is 12.1. The van der Waals surface area contributed by atoms with E-state index in [0.717, 1.165) is 6.07 Å². The summed E-state index contributed by atoms with van der Waals surface area (Å²) in [6, 6.07) is 14.7. The highest BCUT2D eigenvalue weighted by Gasteiger charge is 2.13. The molecular formula is C15H10Cl2N2O2. The predicted octanol–water partition coefficient (Wildman–Crippen LogP) is 3.64. The third kappa shape index (κ3) is 2.55. The normalized spacial score (nSPS) is 10.8. The summed E-state index contributed by atoms with van der Waals surface area (Å²) in [5.74, 6) is -0.155. The number of nitrogens with zero attached hydrogens (tertiary/aromatic N) is 2. The molecule has 1 aromatic heterocycles. The summed E-state index contributed by atoms with van der Waals surface area (Å²) >= 11 is 11.7. The van der Waals surface area contributed by atoms with Gasteiger partial charge in [-0.05, 0) is 48.5 Å². The van der Waals surface area contributed by atoms with E-state index >= 15 is 0 Å². The van der Waals surface area contributed by atoms with Crippen molar-refractivity contribution >= 4 is 23.2 Å². The molecule has 3 aromatic rings. The molecule has 0 aliphatic heterocycles. The van der Waals surface area contributed by atoms with E-state index in [9.17, 15) is 9.90 Å². The van der Waals surface area contributed by atoms with Gasteiger partial charge in [0.25, 0.3) is 5.56 Å². The van der Waals surface area contributed by atoms with Crippen molar-refractivity contribution in [2.24, 2.45) is 0 Å². The van der Waals surface area contributed by atoms with Crippen LogP contribution in [0.1, 0.15) is 0 Å². The van der Waals surface area contributed by atoms with Crippen LogP contribution in [0.15, 0.2) is 59.4 Å². The van der Waals surface area contributed by atoms with E-state index in [4.69, 9.17) is 23.2 Å². The van der Waals surface area contributed by atoms with E-state index in [2.05, 4.69) is 0 Å². The van der Waals surface area contributed by atoms with Gasteiger partial charge in [-0.25, -0.2) is 9.36 Å². The molecule has 0 aliphatic carbocycles. The minimum atomic E-state index is -0.343. The number of aromatic nitrogens is 2. The fraction of sp³-hybridized carbons (Fsp3) is 0. The molecule has 4 nitrogen and oxygen atoms in total. The Hall–Kier alpha value is -2.17. The zero-order chi connectivity index (χ0) is 15.0. The summed E-state index contributed by atoms with van der Waals surface area (Å²) < 4.78 is 2.76. The molecule has 2 aromatic carbocycles. The van der Waals surface area contributed by atoms with Crippen LogP contribution in [0.2, 0.25) is 10.0 Å². The zero-order valence-corrected chi connectivity index (χ0v) is 12.2. The monoisotopic (exact) mass is 320 g/mol. The predicted molar refractivity (Wildman–Crippen MR) is 83.1 cm³/mol. The van der Waals surface area contributed by atoms with Gasteiger partial charge in [-0.3, -0.25) is 4.79 Å². The fourth-order valence-corrected chi connectivity index (χ4v) is 2.34. The van der Waals surface area contributed by atoms with Crippen LogP contribution in [0.25, 0.3) is 11.4 Å². The maximum Gasteiger partial charge on any atom is 0.275 e. The highest BCUT2D eigenvalue weighted by atomic mass is 35.5. The van der Waals surface area contributed by atoms with Crippen LogP contribution in [-0.2, 0) is 0 Å². The number of aromatic hydroxyl groups is 1. The number of benzene rings is 2. The van der Waals surface area contributed by atoms with Crippen LogP contribution < -0.4 is 5.56 Å². The Balaban J connectivity index is 2.24. The van der Waals surface area contributed by atoms with Gasteiger partial charge in [0.05, 0.1) is 17.4 Å². The lowest BCUT2D eigenvalue weighted by atomic mass is 10.3. The molecule has 0 unspecified atom stereocenters. The van der Waals surface area contributed by atoms with Crippen molar-refractivity contribution in [3.63, 3.8) is 0 Å². The topological polar surface area (TPSA) is 47.2 Å². The van der Waals surface area contributed by atoms with Crippen LogP contribution in [-0.4, -0.2) is 14.5 Å². The second kappa shape index (κ2) is 5.31. The summed E-state index contributed by atoms with van der Waals surface area (Å²) in [5.41, 5.74) is 0.873. The Morgan fingerprint density at radius 1 is 0.762 bits per heavy atom. The van der Waals surface area contributed by atoms with E-state index in [-0.39, 0.29) is 11.4 Å². The Kier molecular flexibility index (Phi) is 3.49. The molecule has 0 amide bonds. The van der Waals surface area contributed by atoms with Crippen molar-refractivity contribution in [3.8, 4) is 17.3 Å². The van der Waals surface area contributed by atoms with Gasteiger partial charge in [0.1, 0.15) is 0 Å². The first kappa shape index (κ1) is 13.8. The summed E-state index contributed by atoms with van der Waals surface area (Å²) in [7, 11) is 0. The van der Waals surface area contributed by atoms with Crippen LogP contribution in [0.4, 0.5) is 0 Å². The van der Waals surface area contributed by atoms with Crippen molar-refractivity contribution in [1.82, 2.24) is 9.36 Å². The number of hydrogen-bond donors (Lipinski definition) is 1. The van der Waals surface area contributed by atoms with Crippen molar-refractivity contribution < 1.29 is 5.11 Å². The first-order valence-electron chi connectivity index (χ1n) is 6.12. The Labute approximate surface area is 130 Å². The number of halogens is 2. The average molecular weight is 321 g/mol. The highest BCUT2D eigenvalue weighted by molar-refractivity contribution is 6.30. The van der Waals surface area contributed by atoms with Gasteiger partial charge in [-0.2, -0.15) is 0 Å². The second-order valence-corrected chi connectivity index (χ2v) is 5.29. The van der Waals surface area contributed by atoms with Crippen LogP contribution in [0, 0.1) is 0 Å². The molecule has 0 aliphatic rings. The van der Waals surface area contributed by atoms with E-state index in [0.29, 0.717) is 21.4 Å². The minimum absolute atomic E-state index is 0.155. The molecule has 3 rings (SSSR count). The van der Waals surface area contributed by atoms with Gasteiger partial charge >= 0.3 is 0 Å². The van der Waals surface area contributed by atoms with Crippen LogP contribution >= 0.6 is 23.2 Å². The Morgan fingerprint density at radius 3 is 1.67 bits per heavy atom. The zero-order valence-electron chi connectivity index (χ0n) is 10.7. The lowest BCUT2D eigenvalue weighted by Gasteiger charge is -2.12. The molecule has 0 bridgehead atoms. The van der Waals surface area contributed by atoms with Gasteiger partial charge in [-0.15, -0.1) is 0 Å². The smallest absolute Gasteiger partial charge is 0.275 e. The molecule has 0 fully saturated rings. The molecule has 106 valence electrons.